The van der Waals surface area contributed by atoms with Gasteiger partial charge in [0, 0.05) is 17.2 Å². The fourth-order valence-corrected chi connectivity index (χ4v) is 3.37. The van der Waals surface area contributed by atoms with Gasteiger partial charge in [-0.1, -0.05) is 22.7 Å². The van der Waals surface area contributed by atoms with E-state index < -0.39 is 0 Å². The Morgan fingerprint density at radius 1 is 1.11 bits per heavy atom. The van der Waals surface area contributed by atoms with Gasteiger partial charge in [-0.25, -0.2) is 4.79 Å². The predicted molar refractivity (Wildman–Crippen MR) is 112 cm³/mol. The molecule has 0 aliphatic heterocycles. The van der Waals surface area contributed by atoms with Gasteiger partial charge in [-0.05, 0) is 67.0 Å². The average molecular weight is 399 g/mol. The summed E-state index contributed by atoms with van der Waals surface area (Å²) in [5, 5.41) is 11.5. The van der Waals surface area contributed by atoms with Gasteiger partial charge in [0.15, 0.2) is 5.11 Å². The molecule has 3 aromatic rings. The van der Waals surface area contributed by atoms with Crippen LogP contribution in [0, 0.1) is 13.8 Å². The van der Waals surface area contributed by atoms with Crippen LogP contribution in [0.1, 0.15) is 21.6 Å². The van der Waals surface area contributed by atoms with Gasteiger partial charge in [-0.2, -0.15) is 0 Å². The van der Waals surface area contributed by atoms with Crippen molar-refractivity contribution in [3.05, 3.63) is 59.3 Å². The molecule has 1 aromatic heterocycles. The first-order valence-corrected chi connectivity index (χ1v) is 9.32. The lowest BCUT2D eigenvalue weighted by Gasteiger charge is -2.11. The average Bonchev–Trinajstić information content (AvgIpc) is 3.06. The highest BCUT2D eigenvalue weighted by atomic mass is 32.1. The van der Waals surface area contributed by atoms with Gasteiger partial charge in [-0.3, -0.25) is 0 Å². The Morgan fingerprint density at radius 2 is 1.85 bits per heavy atom. The van der Waals surface area contributed by atoms with Crippen molar-refractivity contribution in [1.29, 1.82) is 0 Å². The fraction of sp³-hybridized carbons (Fsp3) is 0.158. The van der Waals surface area contributed by atoms with Gasteiger partial charge in [-0.15, -0.1) is 5.10 Å². The first kappa shape index (κ1) is 18.9. The minimum atomic E-state index is -0.348. The maximum absolute atomic E-state index is 11.8. The van der Waals surface area contributed by atoms with Crippen LogP contribution >= 0.6 is 23.8 Å². The van der Waals surface area contributed by atoms with Crippen LogP contribution in [-0.4, -0.2) is 27.8 Å². The van der Waals surface area contributed by atoms with E-state index in [2.05, 4.69) is 20.2 Å². The van der Waals surface area contributed by atoms with E-state index in [1.807, 2.05) is 50.2 Å². The summed E-state index contributed by atoms with van der Waals surface area (Å²) in [7, 11) is 1.38. The van der Waals surface area contributed by atoms with E-state index in [1.165, 1.54) is 18.6 Å². The molecule has 0 spiro atoms. The van der Waals surface area contributed by atoms with Crippen molar-refractivity contribution >= 4 is 45.5 Å². The number of rotatable bonds is 4. The van der Waals surface area contributed by atoms with Crippen molar-refractivity contribution in [3.8, 4) is 11.1 Å². The van der Waals surface area contributed by atoms with E-state index >= 15 is 0 Å². The van der Waals surface area contributed by atoms with Crippen molar-refractivity contribution in [2.75, 3.05) is 17.7 Å². The number of methoxy groups -OCH3 is 1. The zero-order chi connectivity index (χ0) is 19.4. The van der Waals surface area contributed by atoms with Crippen molar-refractivity contribution < 1.29 is 9.53 Å². The number of carbonyl (C=O) groups is 1. The minimum absolute atomic E-state index is 0.348. The lowest BCUT2D eigenvalue weighted by Crippen LogP contribution is -2.18. The second kappa shape index (κ2) is 8.24. The van der Waals surface area contributed by atoms with E-state index in [1.54, 1.807) is 6.07 Å². The molecule has 1 heterocycles. The first-order chi connectivity index (χ1) is 13.0. The Balaban J connectivity index is 1.74. The second-order valence-corrected chi connectivity index (χ2v) is 7.03. The molecule has 0 saturated heterocycles. The van der Waals surface area contributed by atoms with Crippen LogP contribution in [0.4, 0.5) is 10.7 Å². The lowest BCUT2D eigenvalue weighted by molar-refractivity contribution is 0.0601. The molecule has 2 N–H and O–H groups in total. The van der Waals surface area contributed by atoms with Gasteiger partial charge in [0.25, 0.3) is 0 Å². The Bertz CT molecular complexity index is 984. The molecule has 8 heteroatoms. The molecule has 6 nitrogen and oxygen atoms in total. The van der Waals surface area contributed by atoms with Crippen LogP contribution in [-0.2, 0) is 4.74 Å². The van der Waals surface area contributed by atoms with Crippen LogP contribution in [0.15, 0.2) is 42.5 Å². The molecular weight excluding hydrogens is 380 g/mol. The molecule has 0 atom stereocenters. The smallest absolute Gasteiger partial charge is 0.337 e. The summed E-state index contributed by atoms with van der Waals surface area (Å²) < 4.78 is 8.67. The van der Waals surface area contributed by atoms with Crippen LogP contribution in [0.2, 0.25) is 0 Å². The number of esters is 1. The molecule has 0 aliphatic carbocycles. The number of nitrogens with zero attached hydrogens (tertiary/aromatic N) is 2. The molecule has 0 saturated carbocycles. The van der Waals surface area contributed by atoms with Gasteiger partial charge in [0.05, 0.1) is 18.4 Å². The van der Waals surface area contributed by atoms with Crippen molar-refractivity contribution in [1.82, 2.24) is 9.59 Å². The number of hydrogen-bond donors (Lipinski definition) is 2. The van der Waals surface area contributed by atoms with Crippen LogP contribution in [0.25, 0.3) is 11.1 Å². The minimum Gasteiger partial charge on any atom is -0.465 e. The summed E-state index contributed by atoms with van der Waals surface area (Å²) in [6.45, 7) is 3.88. The number of anilines is 2. The SMILES string of the molecule is COC(=O)c1ccc(C)c(-c2ccc(NC(=S)Nc3snnc3C)cc2)c1. The van der Waals surface area contributed by atoms with Gasteiger partial charge >= 0.3 is 5.97 Å². The van der Waals surface area contributed by atoms with Crippen molar-refractivity contribution in [3.63, 3.8) is 0 Å². The Labute approximate surface area is 166 Å². The summed E-state index contributed by atoms with van der Waals surface area (Å²) in [6.07, 6.45) is 0. The third-order valence-electron chi connectivity index (χ3n) is 3.99. The summed E-state index contributed by atoms with van der Waals surface area (Å²) in [4.78, 5) is 11.8. The molecule has 0 bridgehead atoms. The van der Waals surface area contributed by atoms with Gasteiger partial charge in [0.1, 0.15) is 5.00 Å². The Hall–Kier alpha value is -2.84. The van der Waals surface area contributed by atoms with E-state index in [4.69, 9.17) is 17.0 Å². The summed E-state index contributed by atoms with van der Waals surface area (Å²) in [5.74, 6) is -0.348. The zero-order valence-electron chi connectivity index (χ0n) is 15.1. The molecule has 0 aliphatic rings. The maximum atomic E-state index is 11.8. The van der Waals surface area contributed by atoms with E-state index in [-0.39, 0.29) is 5.97 Å². The third kappa shape index (κ3) is 4.47. The summed E-state index contributed by atoms with van der Waals surface area (Å²) >= 11 is 6.59. The standard InChI is InChI=1S/C19H18N4O2S2/c1-11-4-5-14(18(24)25-3)10-16(11)13-6-8-15(9-7-13)20-19(26)21-17-12(2)22-23-27-17/h4-10H,1-3H3,(H2,20,21,26). The fourth-order valence-electron chi connectivity index (χ4n) is 2.52. The summed E-state index contributed by atoms with van der Waals surface area (Å²) in [6, 6.07) is 13.4. The number of carbonyl (C=O) groups excluding carboxylic acids is 1. The number of thiocarbonyl (C=S) groups is 1. The topological polar surface area (TPSA) is 76.1 Å². The number of nitrogens with one attached hydrogen (secondary N) is 2. The molecule has 0 amide bonds. The second-order valence-electron chi connectivity index (χ2n) is 5.87. The molecule has 0 unspecified atom stereocenters. The molecule has 0 fully saturated rings. The highest BCUT2D eigenvalue weighted by Gasteiger charge is 2.10. The Kier molecular flexibility index (Phi) is 5.78. The largest absolute Gasteiger partial charge is 0.465 e. The maximum Gasteiger partial charge on any atom is 0.337 e. The van der Waals surface area contributed by atoms with E-state index in [9.17, 15) is 4.79 Å². The van der Waals surface area contributed by atoms with Crippen molar-refractivity contribution in [2.45, 2.75) is 13.8 Å². The zero-order valence-corrected chi connectivity index (χ0v) is 16.7. The quantitative estimate of drug-likeness (QED) is 0.498. The Morgan fingerprint density at radius 3 is 2.48 bits per heavy atom. The third-order valence-corrected chi connectivity index (χ3v) is 4.94. The molecule has 0 radical (unpaired) electrons. The molecule has 138 valence electrons. The molecule has 2 aromatic carbocycles. The first-order valence-electron chi connectivity index (χ1n) is 8.14. The van der Waals surface area contributed by atoms with Crippen molar-refractivity contribution in [2.24, 2.45) is 0 Å². The molecule has 27 heavy (non-hydrogen) atoms. The van der Waals surface area contributed by atoms with E-state index in [0.717, 1.165) is 33.1 Å². The highest BCUT2D eigenvalue weighted by molar-refractivity contribution is 7.80. The monoisotopic (exact) mass is 398 g/mol. The number of aromatic nitrogens is 2. The predicted octanol–water partition coefficient (Wildman–Crippen LogP) is 4.42. The normalized spacial score (nSPS) is 10.3. The highest BCUT2D eigenvalue weighted by Crippen LogP contribution is 2.26. The molecule has 3 rings (SSSR count). The number of ether oxygens (including phenoxy) is 1. The van der Waals surface area contributed by atoms with Crippen LogP contribution in [0.3, 0.4) is 0 Å². The lowest BCUT2D eigenvalue weighted by atomic mass is 9.98. The van der Waals surface area contributed by atoms with Gasteiger partial charge < -0.3 is 15.4 Å². The summed E-state index contributed by atoms with van der Waals surface area (Å²) in [5.41, 5.74) is 5.25. The van der Waals surface area contributed by atoms with Gasteiger partial charge in [0.2, 0.25) is 0 Å². The molecular formula is C19H18N4O2S2. The number of aryl methyl sites for hydroxylation is 2. The van der Waals surface area contributed by atoms with Crippen LogP contribution in [0.5, 0.6) is 0 Å². The van der Waals surface area contributed by atoms with E-state index in [0.29, 0.717) is 10.7 Å². The van der Waals surface area contributed by atoms with Crippen LogP contribution < -0.4 is 10.6 Å². The number of benzene rings is 2. The number of hydrogen-bond acceptors (Lipinski definition) is 6.